The lowest BCUT2D eigenvalue weighted by Gasteiger charge is -2.28. The monoisotopic (exact) mass is 558 g/mol. The highest BCUT2D eigenvalue weighted by Crippen LogP contribution is 2.30. The highest BCUT2D eigenvalue weighted by atomic mass is 19.4. The molecule has 12 heteroatoms. The summed E-state index contributed by atoms with van der Waals surface area (Å²) in [7, 11) is 2.05. The molecule has 2 aromatic rings. The van der Waals surface area contributed by atoms with Crippen LogP contribution in [0.2, 0.25) is 0 Å². The molecule has 0 bridgehead atoms. The second-order valence-corrected chi connectivity index (χ2v) is 9.92. The summed E-state index contributed by atoms with van der Waals surface area (Å²) in [5, 5.41) is 2.99. The molecule has 0 aliphatic carbocycles. The fourth-order valence-electron chi connectivity index (χ4n) is 4.59. The number of nitrogens with one attached hydrogen (secondary N) is 1. The van der Waals surface area contributed by atoms with Gasteiger partial charge < -0.3 is 25.6 Å². The number of hydrogen-bond donors (Lipinski definition) is 2. The zero-order valence-corrected chi connectivity index (χ0v) is 22.3. The summed E-state index contributed by atoms with van der Waals surface area (Å²) < 4.78 is 43.0. The van der Waals surface area contributed by atoms with Crippen LogP contribution in [0.15, 0.2) is 53.7 Å². The number of likely N-dealkylation sites (tertiary alicyclic amines) is 1. The number of alkyl halides is 3. The van der Waals surface area contributed by atoms with Crippen molar-refractivity contribution in [3.63, 3.8) is 0 Å². The lowest BCUT2D eigenvalue weighted by molar-refractivity contribution is -0.148. The van der Waals surface area contributed by atoms with Crippen LogP contribution >= 0.6 is 0 Å². The van der Waals surface area contributed by atoms with Gasteiger partial charge in [0.15, 0.2) is 11.8 Å². The average molecular weight is 559 g/mol. The van der Waals surface area contributed by atoms with E-state index in [4.69, 9.17) is 10.5 Å². The first-order chi connectivity index (χ1) is 19.1. The molecule has 4 rings (SSSR count). The van der Waals surface area contributed by atoms with E-state index in [0.717, 1.165) is 37.1 Å². The Morgan fingerprint density at radius 2 is 1.88 bits per heavy atom. The first-order valence-corrected chi connectivity index (χ1v) is 13.2. The number of benzene rings is 1. The van der Waals surface area contributed by atoms with E-state index in [2.05, 4.69) is 20.2 Å². The molecule has 1 aromatic heterocycles. The Balaban J connectivity index is 1.35. The van der Waals surface area contributed by atoms with E-state index >= 15 is 0 Å². The van der Waals surface area contributed by atoms with Crippen LogP contribution in [-0.4, -0.2) is 78.1 Å². The number of carbonyl (C=O) groups is 2. The zero-order chi connectivity index (χ0) is 28.7. The van der Waals surface area contributed by atoms with E-state index in [1.165, 1.54) is 4.90 Å². The number of aromatic nitrogens is 1. The minimum Gasteiger partial charge on any atom is -0.459 e. The van der Waals surface area contributed by atoms with Gasteiger partial charge in [0.1, 0.15) is 6.10 Å². The predicted molar refractivity (Wildman–Crippen MR) is 146 cm³/mol. The first kappa shape index (κ1) is 29.1. The molecule has 3 N–H and O–H groups in total. The second kappa shape index (κ2) is 12.9. The number of nitrogens with zero attached hydrogens (tertiary/aromatic N) is 4. The number of pyridine rings is 1. The van der Waals surface area contributed by atoms with Gasteiger partial charge in [0.25, 0.3) is 0 Å². The SMILES string of the molecule is CN1CCC(OC(=O)c2ccc(NC(N)=Nc3ncccc3C3=CCN(C(=O)CCC(F)(F)F)CC3)cc2)CC1. The molecule has 1 aromatic carbocycles. The number of piperidine rings is 1. The summed E-state index contributed by atoms with van der Waals surface area (Å²) in [4.78, 5) is 37.0. The second-order valence-electron chi connectivity index (χ2n) is 9.92. The van der Waals surface area contributed by atoms with Crippen LogP contribution in [0.5, 0.6) is 0 Å². The number of halogens is 3. The van der Waals surface area contributed by atoms with Crippen molar-refractivity contribution < 1.29 is 27.5 Å². The number of amides is 1. The molecule has 9 nitrogen and oxygen atoms in total. The van der Waals surface area contributed by atoms with Gasteiger partial charge in [0.05, 0.1) is 12.0 Å². The van der Waals surface area contributed by atoms with Crippen LogP contribution < -0.4 is 11.1 Å². The topological polar surface area (TPSA) is 113 Å². The summed E-state index contributed by atoms with van der Waals surface area (Å²) in [6.45, 7) is 2.32. The molecule has 40 heavy (non-hydrogen) atoms. The van der Waals surface area contributed by atoms with Gasteiger partial charge in [0.2, 0.25) is 5.91 Å². The molecule has 0 atom stereocenters. The highest BCUT2D eigenvalue weighted by Gasteiger charge is 2.29. The number of rotatable bonds is 7. The van der Waals surface area contributed by atoms with Crippen LogP contribution in [0.4, 0.5) is 24.7 Å². The van der Waals surface area contributed by atoms with Crippen LogP contribution in [0.1, 0.15) is 48.0 Å². The lowest BCUT2D eigenvalue weighted by atomic mass is 10.00. The first-order valence-electron chi connectivity index (χ1n) is 13.2. The van der Waals surface area contributed by atoms with Crippen LogP contribution in [0, 0.1) is 0 Å². The van der Waals surface area contributed by atoms with Gasteiger partial charge in [-0.25, -0.2) is 9.78 Å². The van der Waals surface area contributed by atoms with Crippen LogP contribution in [0.25, 0.3) is 5.57 Å². The highest BCUT2D eigenvalue weighted by molar-refractivity contribution is 5.95. The van der Waals surface area contributed by atoms with Gasteiger partial charge in [0, 0.05) is 50.0 Å². The maximum atomic E-state index is 12.5. The molecular formula is C28H33F3N6O3. The number of aliphatic imine (C=N–C) groups is 1. The van der Waals surface area contributed by atoms with E-state index in [1.54, 1.807) is 42.6 Å². The van der Waals surface area contributed by atoms with Gasteiger partial charge in [-0.1, -0.05) is 6.08 Å². The number of nitrogens with two attached hydrogens (primary N) is 1. The number of carbonyl (C=O) groups excluding carboxylic acids is 2. The molecule has 2 aliphatic rings. The Morgan fingerprint density at radius 1 is 1.15 bits per heavy atom. The van der Waals surface area contributed by atoms with Crippen molar-refractivity contribution in [3.8, 4) is 0 Å². The van der Waals surface area contributed by atoms with E-state index < -0.39 is 24.9 Å². The number of ether oxygens (including phenoxy) is 1. The third-order valence-electron chi connectivity index (χ3n) is 6.88. The summed E-state index contributed by atoms with van der Waals surface area (Å²) in [5.41, 5.74) is 8.81. The molecule has 0 unspecified atom stereocenters. The maximum absolute atomic E-state index is 12.5. The van der Waals surface area contributed by atoms with Crippen molar-refractivity contribution in [1.82, 2.24) is 14.8 Å². The Hall–Kier alpha value is -3.93. The lowest BCUT2D eigenvalue weighted by Crippen LogP contribution is -2.35. The van der Waals surface area contributed by atoms with Gasteiger partial charge in [-0.15, -0.1) is 0 Å². The largest absolute Gasteiger partial charge is 0.459 e. The smallest absolute Gasteiger partial charge is 0.389 e. The number of anilines is 1. The predicted octanol–water partition coefficient (Wildman–Crippen LogP) is 4.35. The Bertz CT molecular complexity index is 1250. The van der Waals surface area contributed by atoms with Crippen molar-refractivity contribution in [1.29, 1.82) is 0 Å². The molecule has 1 saturated heterocycles. The van der Waals surface area contributed by atoms with Gasteiger partial charge in [-0.3, -0.25) is 4.79 Å². The number of guanidine groups is 1. The molecular weight excluding hydrogens is 525 g/mol. The molecule has 214 valence electrons. The third-order valence-corrected chi connectivity index (χ3v) is 6.88. The minimum atomic E-state index is -4.36. The third kappa shape index (κ3) is 8.28. The van der Waals surface area contributed by atoms with Gasteiger partial charge in [-0.2, -0.15) is 18.2 Å². The zero-order valence-electron chi connectivity index (χ0n) is 22.3. The molecule has 1 amide bonds. The van der Waals surface area contributed by atoms with Crippen molar-refractivity contribution in [3.05, 3.63) is 59.8 Å². The maximum Gasteiger partial charge on any atom is 0.389 e. The Morgan fingerprint density at radius 3 is 2.52 bits per heavy atom. The molecule has 2 aliphatic heterocycles. The van der Waals surface area contributed by atoms with Crippen molar-refractivity contribution in [2.24, 2.45) is 10.7 Å². The van der Waals surface area contributed by atoms with Gasteiger partial charge in [-0.05, 0) is 68.3 Å². The van der Waals surface area contributed by atoms with E-state index in [1.807, 2.05) is 13.1 Å². The Labute approximate surface area is 230 Å². The summed E-state index contributed by atoms with van der Waals surface area (Å²) in [6, 6.07) is 10.3. The molecule has 3 heterocycles. The summed E-state index contributed by atoms with van der Waals surface area (Å²) in [6.07, 6.45) is -0.643. The van der Waals surface area contributed by atoms with Crippen molar-refractivity contribution in [2.75, 3.05) is 38.5 Å². The molecule has 1 fully saturated rings. The fraction of sp³-hybridized carbons (Fsp3) is 0.429. The van der Waals surface area contributed by atoms with Crippen LogP contribution in [-0.2, 0) is 9.53 Å². The molecule has 0 radical (unpaired) electrons. The van der Waals surface area contributed by atoms with E-state index in [0.29, 0.717) is 30.0 Å². The Kier molecular flexibility index (Phi) is 9.41. The normalized spacial score (nSPS) is 17.4. The van der Waals surface area contributed by atoms with E-state index in [-0.39, 0.29) is 24.6 Å². The summed E-state index contributed by atoms with van der Waals surface area (Å²) in [5.74, 6) is -0.426. The van der Waals surface area contributed by atoms with Crippen molar-refractivity contribution >= 4 is 34.9 Å². The van der Waals surface area contributed by atoms with Crippen molar-refractivity contribution in [2.45, 2.75) is 44.4 Å². The fourth-order valence-corrected chi connectivity index (χ4v) is 4.59. The quantitative estimate of drug-likeness (QED) is 0.295. The van der Waals surface area contributed by atoms with Crippen LogP contribution in [0.3, 0.4) is 0 Å². The number of esters is 1. The molecule has 0 spiro atoms. The average Bonchev–Trinajstić information content (AvgIpc) is 2.93. The minimum absolute atomic E-state index is 0.0749. The summed E-state index contributed by atoms with van der Waals surface area (Å²) >= 11 is 0. The van der Waals surface area contributed by atoms with E-state index in [9.17, 15) is 22.8 Å². The number of hydrogen-bond acceptors (Lipinski definition) is 6. The standard InChI is InChI=1S/C28H33F3N6O3/c1-36-15-11-22(12-16-36)40-26(39)20-4-6-21(7-5-20)34-27(32)35-25-23(3-2-14-33-25)19-9-17-37(18-10-19)24(38)8-13-28(29,30)31/h2-7,9,14,22H,8,10-13,15-18H2,1H3,(H3,32,33,34,35). The molecule has 0 saturated carbocycles. The van der Waals surface area contributed by atoms with Gasteiger partial charge >= 0.3 is 12.1 Å².